The van der Waals surface area contributed by atoms with Gasteiger partial charge in [0.15, 0.2) is 0 Å². The molecule has 0 aromatic rings. The molecule has 0 fully saturated rings. The number of aliphatic carboxylic acids is 1. The van der Waals surface area contributed by atoms with E-state index in [1.54, 1.807) is 14.2 Å². The van der Waals surface area contributed by atoms with Crippen molar-refractivity contribution in [2.75, 3.05) is 21.3 Å². The molecule has 156 valence electrons. The molecule has 26 heavy (non-hydrogen) atoms. The molecular weight excluding hydrogens is 332 g/mol. The predicted molar refractivity (Wildman–Crippen MR) is 106 cm³/mol. The van der Waals surface area contributed by atoms with Crippen LogP contribution in [-0.4, -0.2) is 50.7 Å². The molecule has 0 rings (SSSR count). The summed E-state index contributed by atoms with van der Waals surface area (Å²) in [4.78, 5) is 10.5. The maximum absolute atomic E-state index is 10.5. The second kappa shape index (κ2) is 17.7. The summed E-state index contributed by atoms with van der Waals surface area (Å²) in [5.74, 6) is -0.708. The molecular formula is C21H42O5. The molecule has 5 heteroatoms. The third kappa shape index (κ3) is 14.5. The van der Waals surface area contributed by atoms with Gasteiger partial charge in [0.05, 0.1) is 18.3 Å². The molecule has 0 radical (unpaired) electrons. The smallest absolute Gasteiger partial charge is 0.303 e. The topological polar surface area (TPSA) is 65.0 Å². The Morgan fingerprint density at radius 3 is 1.50 bits per heavy atom. The zero-order valence-electron chi connectivity index (χ0n) is 17.5. The van der Waals surface area contributed by atoms with Gasteiger partial charge in [0.2, 0.25) is 0 Å². The monoisotopic (exact) mass is 374 g/mol. The molecule has 0 saturated carbocycles. The lowest BCUT2D eigenvalue weighted by Gasteiger charge is -2.22. The molecule has 0 spiro atoms. The third-order valence-electron chi connectivity index (χ3n) is 5.17. The fraction of sp³-hybridized carbons (Fsp3) is 0.952. The number of rotatable bonds is 19. The van der Waals surface area contributed by atoms with Crippen molar-refractivity contribution in [2.45, 2.75) is 109 Å². The number of carboxylic acids is 1. The molecule has 0 bridgehead atoms. The number of carbonyl (C=O) groups is 1. The second-order valence-corrected chi connectivity index (χ2v) is 7.22. The molecule has 3 atom stereocenters. The maximum atomic E-state index is 10.5. The van der Waals surface area contributed by atoms with Gasteiger partial charge in [-0.1, -0.05) is 39.0 Å². The molecule has 0 amide bonds. The van der Waals surface area contributed by atoms with E-state index in [9.17, 15) is 4.79 Å². The van der Waals surface area contributed by atoms with E-state index in [1.165, 1.54) is 19.3 Å². The van der Waals surface area contributed by atoms with Gasteiger partial charge in [0.25, 0.3) is 0 Å². The minimum atomic E-state index is -0.708. The normalized spacial score (nSPS) is 14.9. The minimum Gasteiger partial charge on any atom is -0.481 e. The zero-order valence-corrected chi connectivity index (χ0v) is 17.5. The molecule has 3 unspecified atom stereocenters. The number of hydrogen-bond donors (Lipinski definition) is 1. The van der Waals surface area contributed by atoms with Crippen molar-refractivity contribution in [2.24, 2.45) is 0 Å². The van der Waals surface area contributed by atoms with Crippen LogP contribution in [0.2, 0.25) is 0 Å². The Balaban J connectivity index is 3.98. The second-order valence-electron chi connectivity index (χ2n) is 7.22. The van der Waals surface area contributed by atoms with Crippen molar-refractivity contribution < 1.29 is 24.1 Å². The Morgan fingerprint density at radius 1 is 0.692 bits per heavy atom. The van der Waals surface area contributed by atoms with Gasteiger partial charge in [0, 0.05) is 27.8 Å². The first kappa shape index (κ1) is 25.4. The van der Waals surface area contributed by atoms with Crippen molar-refractivity contribution >= 4 is 5.97 Å². The van der Waals surface area contributed by atoms with Gasteiger partial charge in [-0.2, -0.15) is 0 Å². The lowest BCUT2D eigenvalue weighted by molar-refractivity contribution is -0.137. The van der Waals surface area contributed by atoms with Gasteiger partial charge >= 0.3 is 5.97 Å². The number of methoxy groups -OCH3 is 3. The summed E-state index contributed by atoms with van der Waals surface area (Å²) in [5, 5.41) is 8.66. The van der Waals surface area contributed by atoms with Crippen molar-refractivity contribution in [1.29, 1.82) is 0 Å². The van der Waals surface area contributed by atoms with Crippen molar-refractivity contribution in [3.8, 4) is 0 Å². The van der Waals surface area contributed by atoms with Crippen LogP contribution >= 0.6 is 0 Å². The summed E-state index contributed by atoms with van der Waals surface area (Å²) < 4.78 is 16.9. The Kier molecular flexibility index (Phi) is 17.3. The Morgan fingerprint density at radius 2 is 1.12 bits per heavy atom. The molecule has 0 aliphatic rings. The van der Waals surface area contributed by atoms with Gasteiger partial charge in [-0.25, -0.2) is 0 Å². The van der Waals surface area contributed by atoms with Crippen LogP contribution in [0.5, 0.6) is 0 Å². The van der Waals surface area contributed by atoms with Gasteiger partial charge in [-0.3, -0.25) is 4.79 Å². The molecule has 1 N–H and O–H groups in total. The van der Waals surface area contributed by atoms with E-state index in [4.69, 9.17) is 19.3 Å². The van der Waals surface area contributed by atoms with Crippen LogP contribution in [0.15, 0.2) is 0 Å². The van der Waals surface area contributed by atoms with E-state index in [2.05, 4.69) is 6.92 Å². The first-order valence-electron chi connectivity index (χ1n) is 10.4. The van der Waals surface area contributed by atoms with Crippen LogP contribution in [0.1, 0.15) is 90.4 Å². The maximum Gasteiger partial charge on any atom is 0.303 e. The predicted octanol–water partition coefficient (Wildman–Crippen LogP) is 5.21. The highest BCUT2D eigenvalue weighted by Crippen LogP contribution is 2.19. The summed E-state index contributed by atoms with van der Waals surface area (Å²) in [6, 6.07) is 0. The molecule has 0 saturated heterocycles. The third-order valence-corrected chi connectivity index (χ3v) is 5.17. The fourth-order valence-electron chi connectivity index (χ4n) is 3.33. The molecule has 0 aromatic heterocycles. The number of ether oxygens (including phenoxy) is 3. The number of carboxylic acid groups (broad SMARTS) is 1. The lowest BCUT2D eigenvalue weighted by Crippen LogP contribution is -2.20. The quantitative estimate of drug-likeness (QED) is 0.315. The van der Waals surface area contributed by atoms with E-state index < -0.39 is 5.97 Å². The summed E-state index contributed by atoms with van der Waals surface area (Å²) in [6.07, 6.45) is 13.8. The summed E-state index contributed by atoms with van der Waals surface area (Å²) in [6.45, 7) is 2.22. The van der Waals surface area contributed by atoms with Crippen molar-refractivity contribution in [3.05, 3.63) is 0 Å². The highest BCUT2D eigenvalue weighted by atomic mass is 16.5. The van der Waals surface area contributed by atoms with Crippen molar-refractivity contribution in [3.63, 3.8) is 0 Å². The number of hydrogen-bond acceptors (Lipinski definition) is 4. The van der Waals surface area contributed by atoms with E-state index in [0.717, 1.165) is 57.8 Å². The molecule has 0 aliphatic heterocycles. The first-order chi connectivity index (χ1) is 12.6. The largest absolute Gasteiger partial charge is 0.481 e. The fourth-order valence-corrected chi connectivity index (χ4v) is 3.33. The SMILES string of the molecule is CCCCCC(CCC(CCC(CCCCCC(=O)O)OC)OC)OC. The van der Waals surface area contributed by atoms with Crippen LogP contribution in [-0.2, 0) is 19.0 Å². The molecule has 0 heterocycles. The molecule has 5 nitrogen and oxygen atoms in total. The Labute approximate surface area is 160 Å². The van der Waals surface area contributed by atoms with Gasteiger partial charge in [-0.15, -0.1) is 0 Å². The minimum absolute atomic E-state index is 0.236. The zero-order chi connectivity index (χ0) is 19.6. The van der Waals surface area contributed by atoms with E-state index >= 15 is 0 Å². The van der Waals surface area contributed by atoms with E-state index in [1.807, 2.05) is 7.11 Å². The number of unbranched alkanes of at least 4 members (excludes halogenated alkanes) is 4. The molecule has 0 aromatic carbocycles. The average molecular weight is 375 g/mol. The van der Waals surface area contributed by atoms with Crippen molar-refractivity contribution in [1.82, 2.24) is 0 Å². The van der Waals surface area contributed by atoms with Crippen LogP contribution in [0.4, 0.5) is 0 Å². The van der Waals surface area contributed by atoms with Crippen LogP contribution < -0.4 is 0 Å². The standard InChI is InChI=1S/C21H42O5/c1-5-6-8-11-18(24-2)14-16-20(26-4)17-15-19(25-3)12-9-7-10-13-21(22)23/h18-20H,5-17H2,1-4H3,(H,22,23). The first-order valence-corrected chi connectivity index (χ1v) is 10.4. The van der Waals surface area contributed by atoms with E-state index in [-0.39, 0.29) is 18.6 Å². The highest BCUT2D eigenvalue weighted by molar-refractivity contribution is 5.66. The Hall–Kier alpha value is -0.650. The van der Waals surface area contributed by atoms with Crippen LogP contribution in [0.25, 0.3) is 0 Å². The average Bonchev–Trinajstić information content (AvgIpc) is 2.64. The van der Waals surface area contributed by atoms with Crippen LogP contribution in [0, 0.1) is 0 Å². The Bertz CT molecular complexity index is 322. The molecule has 0 aliphatic carbocycles. The van der Waals surface area contributed by atoms with Gasteiger partial charge in [0.1, 0.15) is 0 Å². The summed E-state index contributed by atoms with van der Waals surface area (Å²) in [7, 11) is 5.36. The van der Waals surface area contributed by atoms with Crippen LogP contribution in [0.3, 0.4) is 0 Å². The summed E-state index contributed by atoms with van der Waals surface area (Å²) in [5.41, 5.74) is 0. The van der Waals surface area contributed by atoms with E-state index in [0.29, 0.717) is 6.10 Å². The van der Waals surface area contributed by atoms with Gasteiger partial charge in [-0.05, 0) is 44.9 Å². The van der Waals surface area contributed by atoms with Gasteiger partial charge < -0.3 is 19.3 Å². The lowest BCUT2D eigenvalue weighted by atomic mass is 9.99. The highest BCUT2D eigenvalue weighted by Gasteiger charge is 2.15. The summed E-state index contributed by atoms with van der Waals surface area (Å²) >= 11 is 0.